The molecule has 0 fully saturated rings. The molecular weight excluding hydrogens is 272 g/mol. The summed E-state index contributed by atoms with van der Waals surface area (Å²) in [7, 11) is 0. The van der Waals surface area contributed by atoms with E-state index >= 15 is 0 Å². The summed E-state index contributed by atoms with van der Waals surface area (Å²) in [6.45, 7) is 6.27. The van der Waals surface area contributed by atoms with Crippen LogP contribution in [0.4, 0.5) is 14.5 Å². The molecule has 0 aliphatic carbocycles. The molecule has 2 aromatic rings. The Morgan fingerprint density at radius 1 is 1.05 bits per heavy atom. The number of rotatable bonds is 5. The molecule has 0 aliphatic heterocycles. The van der Waals surface area contributed by atoms with Gasteiger partial charge in [0.25, 0.3) is 0 Å². The van der Waals surface area contributed by atoms with Crippen molar-refractivity contribution in [3.8, 4) is 5.75 Å². The van der Waals surface area contributed by atoms with Crippen LogP contribution in [0.15, 0.2) is 36.4 Å². The van der Waals surface area contributed by atoms with Crippen LogP contribution in [0.25, 0.3) is 0 Å². The lowest BCUT2D eigenvalue weighted by Gasteiger charge is -2.14. The maximum atomic E-state index is 13.1. The molecule has 4 heteroatoms. The van der Waals surface area contributed by atoms with Crippen LogP contribution in [0.3, 0.4) is 0 Å². The zero-order valence-electron chi connectivity index (χ0n) is 12.4. The fourth-order valence-corrected chi connectivity index (χ4v) is 2.09. The van der Waals surface area contributed by atoms with E-state index in [1.807, 2.05) is 39.0 Å². The van der Waals surface area contributed by atoms with Crippen molar-refractivity contribution in [1.29, 1.82) is 0 Å². The first-order chi connectivity index (χ1) is 9.94. The monoisotopic (exact) mass is 291 g/mol. The van der Waals surface area contributed by atoms with Gasteiger partial charge in [0.15, 0.2) is 0 Å². The molecular formula is C17H19F2NO. The highest BCUT2D eigenvalue weighted by Gasteiger charge is 2.04. The lowest BCUT2D eigenvalue weighted by atomic mass is 10.1. The van der Waals surface area contributed by atoms with E-state index in [9.17, 15) is 8.78 Å². The van der Waals surface area contributed by atoms with Crippen molar-refractivity contribution in [2.24, 2.45) is 0 Å². The molecule has 112 valence electrons. The van der Waals surface area contributed by atoms with Crippen LogP contribution >= 0.6 is 0 Å². The van der Waals surface area contributed by atoms with Crippen LogP contribution in [0.1, 0.15) is 25.0 Å². The Labute approximate surface area is 123 Å². The SMILES string of the molecule is Cc1cc(OC(C)C)ccc1NCc1cc(F)cc(F)c1. The summed E-state index contributed by atoms with van der Waals surface area (Å²) in [5, 5.41) is 3.18. The molecule has 0 unspecified atom stereocenters. The minimum atomic E-state index is -0.566. The van der Waals surface area contributed by atoms with Gasteiger partial charge in [0.05, 0.1) is 6.10 Å². The van der Waals surface area contributed by atoms with Crippen LogP contribution in [-0.2, 0) is 6.54 Å². The fourth-order valence-electron chi connectivity index (χ4n) is 2.09. The van der Waals surface area contributed by atoms with Gasteiger partial charge in [-0.15, -0.1) is 0 Å². The van der Waals surface area contributed by atoms with Gasteiger partial charge in [0.1, 0.15) is 17.4 Å². The number of hydrogen-bond donors (Lipinski definition) is 1. The highest BCUT2D eigenvalue weighted by molar-refractivity contribution is 5.53. The van der Waals surface area contributed by atoms with Gasteiger partial charge in [-0.3, -0.25) is 0 Å². The van der Waals surface area contributed by atoms with Crippen LogP contribution in [-0.4, -0.2) is 6.10 Å². The van der Waals surface area contributed by atoms with Crippen LogP contribution in [0.2, 0.25) is 0 Å². The van der Waals surface area contributed by atoms with E-state index in [-0.39, 0.29) is 6.10 Å². The second kappa shape index (κ2) is 6.57. The third-order valence-corrected chi connectivity index (χ3v) is 2.97. The van der Waals surface area contributed by atoms with E-state index in [0.717, 1.165) is 23.1 Å². The summed E-state index contributed by atoms with van der Waals surface area (Å²) in [4.78, 5) is 0. The lowest BCUT2D eigenvalue weighted by Crippen LogP contribution is -2.06. The minimum Gasteiger partial charge on any atom is -0.491 e. The quantitative estimate of drug-likeness (QED) is 0.864. The van der Waals surface area contributed by atoms with E-state index in [4.69, 9.17) is 4.74 Å². The number of aryl methyl sites for hydroxylation is 1. The van der Waals surface area contributed by atoms with E-state index in [0.29, 0.717) is 12.1 Å². The van der Waals surface area contributed by atoms with E-state index in [1.165, 1.54) is 12.1 Å². The summed E-state index contributed by atoms with van der Waals surface area (Å²) in [5.41, 5.74) is 2.50. The molecule has 21 heavy (non-hydrogen) atoms. The molecule has 0 spiro atoms. The first-order valence-corrected chi connectivity index (χ1v) is 6.90. The van der Waals surface area contributed by atoms with Gasteiger partial charge in [-0.25, -0.2) is 8.78 Å². The Bertz CT molecular complexity index is 606. The van der Waals surface area contributed by atoms with Crippen molar-refractivity contribution >= 4 is 5.69 Å². The molecule has 2 aromatic carbocycles. The van der Waals surface area contributed by atoms with Gasteiger partial charge in [0, 0.05) is 18.3 Å². The van der Waals surface area contributed by atoms with Crippen molar-refractivity contribution in [3.05, 3.63) is 59.2 Å². The van der Waals surface area contributed by atoms with Crippen LogP contribution in [0, 0.1) is 18.6 Å². The van der Waals surface area contributed by atoms with Crippen molar-refractivity contribution in [2.75, 3.05) is 5.32 Å². The maximum absolute atomic E-state index is 13.1. The largest absolute Gasteiger partial charge is 0.491 e. The molecule has 0 saturated carbocycles. The van der Waals surface area contributed by atoms with E-state index in [1.54, 1.807) is 0 Å². The highest BCUT2D eigenvalue weighted by Crippen LogP contribution is 2.23. The summed E-state index contributed by atoms with van der Waals surface area (Å²) >= 11 is 0. The average Bonchev–Trinajstić information content (AvgIpc) is 2.36. The average molecular weight is 291 g/mol. The molecule has 2 nitrogen and oxygen atoms in total. The molecule has 1 N–H and O–H groups in total. The zero-order valence-corrected chi connectivity index (χ0v) is 12.4. The standard InChI is InChI=1S/C17H19F2NO/c1-11(2)21-16-4-5-17(12(3)6-16)20-10-13-7-14(18)9-15(19)8-13/h4-9,11,20H,10H2,1-3H3. The van der Waals surface area contributed by atoms with Crippen LogP contribution in [0.5, 0.6) is 5.75 Å². The minimum absolute atomic E-state index is 0.124. The molecule has 0 aromatic heterocycles. The normalized spacial score (nSPS) is 10.8. The van der Waals surface area contributed by atoms with Crippen molar-refractivity contribution in [1.82, 2.24) is 0 Å². The van der Waals surface area contributed by atoms with Gasteiger partial charge < -0.3 is 10.1 Å². The zero-order chi connectivity index (χ0) is 15.4. The van der Waals surface area contributed by atoms with Gasteiger partial charge in [-0.05, 0) is 62.2 Å². The van der Waals surface area contributed by atoms with Gasteiger partial charge in [0.2, 0.25) is 0 Å². The van der Waals surface area contributed by atoms with Crippen molar-refractivity contribution in [3.63, 3.8) is 0 Å². The van der Waals surface area contributed by atoms with Gasteiger partial charge in [-0.1, -0.05) is 0 Å². The third-order valence-electron chi connectivity index (χ3n) is 2.97. The molecule has 0 heterocycles. The number of halogens is 2. The Morgan fingerprint density at radius 2 is 1.71 bits per heavy atom. The molecule has 0 bridgehead atoms. The topological polar surface area (TPSA) is 21.3 Å². The Balaban J connectivity index is 2.06. The smallest absolute Gasteiger partial charge is 0.126 e. The Morgan fingerprint density at radius 3 is 2.29 bits per heavy atom. The first-order valence-electron chi connectivity index (χ1n) is 6.90. The number of anilines is 1. The predicted octanol–water partition coefficient (Wildman–Crippen LogP) is 4.67. The Hall–Kier alpha value is -2.10. The summed E-state index contributed by atoms with van der Waals surface area (Å²) < 4.78 is 31.9. The summed E-state index contributed by atoms with van der Waals surface area (Å²) in [5.74, 6) is -0.321. The molecule has 0 atom stereocenters. The number of ether oxygens (including phenoxy) is 1. The maximum Gasteiger partial charge on any atom is 0.126 e. The van der Waals surface area contributed by atoms with E-state index in [2.05, 4.69) is 5.32 Å². The van der Waals surface area contributed by atoms with Crippen molar-refractivity contribution in [2.45, 2.75) is 33.4 Å². The molecule has 0 amide bonds. The second-order valence-electron chi connectivity index (χ2n) is 5.27. The lowest BCUT2D eigenvalue weighted by molar-refractivity contribution is 0.242. The van der Waals surface area contributed by atoms with Gasteiger partial charge in [-0.2, -0.15) is 0 Å². The van der Waals surface area contributed by atoms with Gasteiger partial charge >= 0.3 is 0 Å². The van der Waals surface area contributed by atoms with E-state index < -0.39 is 11.6 Å². The predicted molar refractivity (Wildman–Crippen MR) is 80.6 cm³/mol. The third kappa shape index (κ3) is 4.45. The number of nitrogens with one attached hydrogen (secondary N) is 1. The van der Waals surface area contributed by atoms with Crippen LogP contribution < -0.4 is 10.1 Å². The fraction of sp³-hybridized carbons (Fsp3) is 0.294. The van der Waals surface area contributed by atoms with Crippen molar-refractivity contribution < 1.29 is 13.5 Å². The summed E-state index contributed by atoms with van der Waals surface area (Å²) in [6.07, 6.45) is 0.124. The molecule has 0 radical (unpaired) electrons. The molecule has 0 saturated heterocycles. The highest BCUT2D eigenvalue weighted by atomic mass is 19.1. The number of hydrogen-bond acceptors (Lipinski definition) is 2. The first kappa shape index (κ1) is 15.3. The molecule has 2 rings (SSSR count). The Kier molecular flexibility index (Phi) is 4.78. The number of benzene rings is 2. The summed E-state index contributed by atoms with van der Waals surface area (Å²) in [6, 6.07) is 9.23. The molecule has 0 aliphatic rings. The second-order valence-corrected chi connectivity index (χ2v) is 5.27.